The number of likely N-dealkylation sites (N-methyl/N-ethyl adjacent to an activating group) is 1. The standard InChI is InChI=1S/C13H18N2O3/c1-2-15(8-7-14)13(16)12-9-17-10-5-3-4-6-11(10)18-12/h3-6,12H,2,7-9,14H2,1H3. The van der Waals surface area contributed by atoms with Gasteiger partial charge in [0, 0.05) is 19.6 Å². The highest BCUT2D eigenvalue weighted by Gasteiger charge is 2.30. The van der Waals surface area contributed by atoms with Gasteiger partial charge in [0.15, 0.2) is 11.5 Å². The number of carbonyl (C=O) groups excluding carboxylic acids is 1. The molecule has 1 aromatic carbocycles. The van der Waals surface area contributed by atoms with Gasteiger partial charge in [-0.25, -0.2) is 0 Å². The summed E-state index contributed by atoms with van der Waals surface area (Å²) in [5, 5.41) is 0. The second-order valence-corrected chi connectivity index (χ2v) is 4.07. The average molecular weight is 250 g/mol. The zero-order valence-corrected chi connectivity index (χ0v) is 10.5. The van der Waals surface area contributed by atoms with Crippen LogP contribution in [0.15, 0.2) is 24.3 Å². The van der Waals surface area contributed by atoms with Crippen molar-refractivity contribution in [2.24, 2.45) is 5.73 Å². The molecule has 5 nitrogen and oxygen atoms in total. The Hall–Kier alpha value is -1.75. The van der Waals surface area contributed by atoms with Gasteiger partial charge in [-0.3, -0.25) is 4.79 Å². The highest BCUT2D eigenvalue weighted by atomic mass is 16.6. The molecule has 1 unspecified atom stereocenters. The van der Waals surface area contributed by atoms with Crippen LogP contribution < -0.4 is 15.2 Å². The Kier molecular flexibility index (Phi) is 4.04. The maximum Gasteiger partial charge on any atom is 0.267 e. The summed E-state index contributed by atoms with van der Waals surface area (Å²) >= 11 is 0. The number of amides is 1. The molecule has 0 saturated carbocycles. The van der Waals surface area contributed by atoms with Gasteiger partial charge in [-0.2, -0.15) is 0 Å². The fraction of sp³-hybridized carbons (Fsp3) is 0.462. The first-order valence-electron chi connectivity index (χ1n) is 6.13. The van der Waals surface area contributed by atoms with E-state index in [-0.39, 0.29) is 12.5 Å². The molecule has 0 aromatic heterocycles. The van der Waals surface area contributed by atoms with Crippen LogP contribution in [0.5, 0.6) is 11.5 Å². The maximum atomic E-state index is 12.2. The van der Waals surface area contributed by atoms with Crippen LogP contribution in [0.3, 0.4) is 0 Å². The number of nitrogens with zero attached hydrogens (tertiary/aromatic N) is 1. The Bertz CT molecular complexity index is 422. The normalized spacial score (nSPS) is 17.3. The maximum absolute atomic E-state index is 12.2. The molecule has 98 valence electrons. The van der Waals surface area contributed by atoms with Gasteiger partial charge in [-0.1, -0.05) is 12.1 Å². The lowest BCUT2D eigenvalue weighted by Gasteiger charge is -2.29. The van der Waals surface area contributed by atoms with E-state index in [9.17, 15) is 4.79 Å². The molecule has 5 heteroatoms. The van der Waals surface area contributed by atoms with E-state index in [4.69, 9.17) is 15.2 Å². The predicted molar refractivity (Wildman–Crippen MR) is 67.7 cm³/mol. The van der Waals surface area contributed by atoms with Crippen molar-refractivity contribution in [3.05, 3.63) is 24.3 Å². The van der Waals surface area contributed by atoms with Gasteiger partial charge >= 0.3 is 0 Å². The van der Waals surface area contributed by atoms with E-state index in [0.717, 1.165) is 0 Å². The molecule has 0 bridgehead atoms. The van der Waals surface area contributed by atoms with Crippen molar-refractivity contribution in [3.63, 3.8) is 0 Å². The van der Waals surface area contributed by atoms with Crippen LogP contribution in [0.25, 0.3) is 0 Å². The summed E-state index contributed by atoms with van der Waals surface area (Å²) in [6.07, 6.45) is -0.577. The van der Waals surface area contributed by atoms with Gasteiger partial charge in [-0.15, -0.1) is 0 Å². The van der Waals surface area contributed by atoms with E-state index in [1.54, 1.807) is 11.0 Å². The van der Waals surface area contributed by atoms with Gasteiger partial charge < -0.3 is 20.1 Å². The number of carbonyl (C=O) groups is 1. The number of ether oxygens (including phenoxy) is 2. The van der Waals surface area contributed by atoms with Crippen LogP contribution in [0, 0.1) is 0 Å². The number of hydrogen-bond donors (Lipinski definition) is 1. The molecular formula is C13H18N2O3. The molecule has 1 aromatic rings. The summed E-state index contributed by atoms with van der Waals surface area (Å²) in [5.74, 6) is 1.23. The number of hydrogen-bond acceptors (Lipinski definition) is 4. The largest absolute Gasteiger partial charge is 0.485 e. The number of rotatable bonds is 4. The quantitative estimate of drug-likeness (QED) is 0.851. The molecule has 1 aliphatic rings. The van der Waals surface area contributed by atoms with Crippen molar-refractivity contribution in [2.45, 2.75) is 13.0 Å². The van der Waals surface area contributed by atoms with Crippen LogP contribution in [-0.2, 0) is 4.79 Å². The minimum Gasteiger partial charge on any atom is -0.485 e. The fourth-order valence-electron chi connectivity index (χ4n) is 1.92. The molecule has 0 saturated heterocycles. The smallest absolute Gasteiger partial charge is 0.267 e. The van der Waals surface area contributed by atoms with E-state index < -0.39 is 6.10 Å². The molecular weight excluding hydrogens is 232 g/mol. The second kappa shape index (κ2) is 5.73. The molecule has 2 rings (SSSR count). The number of nitrogens with two attached hydrogens (primary N) is 1. The van der Waals surface area contributed by atoms with Crippen molar-refractivity contribution in [1.82, 2.24) is 4.90 Å². The first kappa shape index (κ1) is 12.7. The lowest BCUT2D eigenvalue weighted by atomic mass is 10.2. The Morgan fingerprint density at radius 3 is 2.83 bits per heavy atom. The number of benzene rings is 1. The SMILES string of the molecule is CCN(CCN)C(=O)C1COc2ccccc2O1. The van der Waals surface area contributed by atoms with Gasteiger partial charge in [0.25, 0.3) is 5.91 Å². The zero-order valence-electron chi connectivity index (χ0n) is 10.5. The topological polar surface area (TPSA) is 64.8 Å². The van der Waals surface area contributed by atoms with Crippen LogP contribution in [-0.4, -0.2) is 43.2 Å². The second-order valence-electron chi connectivity index (χ2n) is 4.07. The fourth-order valence-corrected chi connectivity index (χ4v) is 1.92. The van der Waals surface area contributed by atoms with E-state index in [0.29, 0.717) is 31.1 Å². The van der Waals surface area contributed by atoms with Gasteiger partial charge in [-0.05, 0) is 19.1 Å². The van der Waals surface area contributed by atoms with Crippen molar-refractivity contribution in [3.8, 4) is 11.5 Å². The molecule has 18 heavy (non-hydrogen) atoms. The molecule has 1 aliphatic heterocycles. The lowest BCUT2D eigenvalue weighted by Crippen LogP contribution is -2.47. The third kappa shape index (κ3) is 2.56. The van der Waals surface area contributed by atoms with Crippen LogP contribution in [0.4, 0.5) is 0 Å². The average Bonchev–Trinajstić information content (AvgIpc) is 2.43. The van der Waals surface area contributed by atoms with Crippen LogP contribution in [0.2, 0.25) is 0 Å². The lowest BCUT2D eigenvalue weighted by molar-refractivity contribution is -0.140. The minimum atomic E-state index is -0.577. The molecule has 0 radical (unpaired) electrons. The Morgan fingerprint density at radius 1 is 1.44 bits per heavy atom. The van der Waals surface area contributed by atoms with Crippen molar-refractivity contribution < 1.29 is 14.3 Å². The number of para-hydroxylation sites is 2. The molecule has 1 atom stereocenters. The Balaban J connectivity index is 2.06. The van der Waals surface area contributed by atoms with Gasteiger partial charge in [0.05, 0.1) is 0 Å². The summed E-state index contributed by atoms with van der Waals surface area (Å²) in [4.78, 5) is 13.9. The summed E-state index contributed by atoms with van der Waals surface area (Å²) < 4.78 is 11.2. The van der Waals surface area contributed by atoms with E-state index >= 15 is 0 Å². The van der Waals surface area contributed by atoms with E-state index in [1.165, 1.54) is 0 Å². The minimum absolute atomic E-state index is 0.0718. The third-order valence-electron chi connectivity index (χ3n) is 2.88. The summed E-state index contributed by atoms with van der Waals surface area (Å²) in [6, 6.07) is 7.35. The van der Waals surface area contributed by atoms with E-state index in [2.05, 4.69) is 0 Å². The van der Waals surface area contributed by atoms with Crippen molar-refractivity contribution >= 4 is 5.91 Å². The number of fused-ring (bicyclic) bond motifs is 1. The molecule has 2 N–H and O–H groups in total. The van der Waals surface area contributed by atoms with Crippen LogP contribution in [0.1, 0.15) is 6.92 Å². The first-order valence-corrected chi connectivity index (χ1v) is 6.13. The molecule has 0 spiro atoms. The Labute approximate surface area is 106 Å². The van der Waals surface area contributed by atoms with E-state index in [1.807, 2.05) is 25.1 Å². The van der Waals surface area contributed by atoms with Gasteiger partial charge in [0.1, 0.15) is 6.61 Å². The summed E-state index contributed by atoms with van der Waals surface area (Å²) in [5.41, 5.74) is 5.48. The van der Waals surface area contributed by atoms with Crippen molar-refractivity contribution in [2.75, 3.05) is 26.2 Å². The molecule has 1 heterocycles. The zero-order chi connectivity index (χ0) is 13.0. The summed E-state index contributed by atoms with van der Waals surface area (Å²) in [7, 11) is 0. The monoisotopic (exact) mass is 250 g/mol. The predicted octanol–water partition coefficient (Wildman–Crippen LogP) is 0.634. The molecule has 1 amide bonds. The first-order chi connectivity index (χ1) is 8.76. The van der Waals surface area contributed by atoms with Crippen LogP contribution >= 0.6 is 0 Å². The van der Waals surface area contributed by atoms with Crippen molar-refractivity contribution in [1.29, 1.82) is 0 Å². The highest BCUT2D eigenvalue weighted by molar-refractivity contribution is 5.82. The molecule has 0 fully saturated rings. The van der Waals surface area contributed by atoms with Gasteiger partial charge in [0.2, 0.25) is 6.10 Å². The highest BCUT2D eigenvalue weighted by Crippen LogP contribution is 2.31. The summed E-state index contributed by atoms with van der Waals surface area (Å²) in [6.45, 7) is 3.78. The third-order valence-corrected chi connectivity index (χ3v) is 2.88. The molecule has 0 aliphatic carbocycles. The Morgan fingerprint density at radius 2 is 2.17 bits per heavy atom.